The molecule has 15 heavy (non-hydrogen) atoms. The van der Waals surface area contributed by atoms with E-state index in [1.54, 1.807) is 0 Å². The maximum absolute atomic E-state index is 9.51. The van der Waals surface area contributed by atoms with Gasteiger partial charge in [0.05, 0.1) is 13.2 Å². The van der Waals surface area contributed by atoms with Crippen LogP contribution in [0.1, 0.15) is 19.8 Å². The third kappa shape index (κ3) is 3.72. The predicted octanol–water partition coefficient (Wildman–Crippen LogP) is 0.0897. The van der Waals surface area contributed by atoms with Gasteiger partial charge in [-0.05, 0) is 19.4 Å². The quantitative estimate of drug-likeness (QED) is 0.662. The first-order valence-electron chi connectivity index (χ1n) is 5.78. The summed E-state index contributed by atoms with van der Waals surface area (Å²) in [4.78, 5) is 2.20. The van der Waals surface area contributed by atoms with Crippen LogP contribution in [0, 0.1) is 5.41 Å². The number of hydrogen-bond donors (Lipinski definition) is 2. The van der Waals surface area contributed by atoms with Crippen LogP contribution in [0.3, 0.4) is 0 Å². The van der Waals surface area contributed by atoms with Crippen LogP contribution in [0.5, 0.6) is 0 Å². The molecule has 1 saturated heterocycles. The van der Waals surface area contributed by atoms with Crippen molar-refractivity contribution >= 4 is 0 Å². The molecule has 0 unspecified atom stereocenters. The maximum atomic E-state index is 9.51. The molecule has 4 nitrogen and oxygen atoms in total. The summed E-state index contributed by atoms with van der Waals surface area (Å²) in [6, 6.07) is 0. The monoisotopic (exact) mass is 217 g/mol. The molecule has 0 saturated carbocycles. The Labute approximate surface area is 91.8 Å². The van der Waals surface area contributed by atoms with Crippen LogP contribution in [0.2, 0.25) is 0 Å². The van der Waals surface area contributed by atoms with Crippen molar-refractivity contribution in [3.05, 3.63) is 0 Å². The molecular weight excluding hydrogens is 194 g/mol. The van der Waals surface area contributed by atoms with E-state index in [0.29, 0.717) is 6.54 Å². The number of likely N-dealkylation sites (N-methyl/N-ethyl adjacent to an activating group) is 1. The maximum Gasteiger partial charge on any atom is 0.0558 e. The molecule has 0 aromatic carbocycles. The van der Waals surface area contributed by atoms with Crippen molar-refractivity contribution in [3.8, 4) is 0 Å². The van der Waals surface area contributed by atoms with Gasteiger partial charge in [0.15, 0.2) is 0 Å². The van der Waals surface area contributed by atoms with Crippen LogP contribution in [-0.4, -0.2) is 61.2 Å². The highest BCUT2D eigenvalue weighted by Gasteiger charge is 2.33. The van der Waals surface area contributed by atoms with Gasteiger partial charge in [-0.15, -0.1) is 0 Å². The van der Waals surface area contributed by atoms with Gasteiger partial charge in [-0.25, -0.2) is 0 Å². The molecule has 0 aliphatic carbocycles. The van der Waals surface area contributed by atoms with Gasteiger partial charge in [0, 0.05) is 31.7 Å². The van der Waals surface area contributed by atoms with Crippen LogP contribution in [0.25, 0.3) is 0 Å². The molecule has 4 heteroatoms. The van der Waals surface area contributed by atoms with E-state index in [-0.39, 0.29) is 18.6 Å². The molecule has 1 rings (SSSR count). The van der Waals surface area contributed by atoms with Crippen LogP contribution >= 0.6 is 0 Å². The van der Waals surface area contributed by atoms with Crippen molar-refractivity contribution < 1.29 is 14.9 Å². The summed E-state index contributed by atoms with van der Waals surface area (Å²) in [5.74, 6) is 0. The Balaban J connectivity index is 2.49. The van der Waals surface area contributed by atoms with Crippen LogP contribution in [-0.2, 0) is 4.74 Å². The van der Waals surface area contributed by atoms with E-state index in [9.17, 15) is 5.11 Å². The SMILES string of the molecule is CCN(CCO)CC1(CO)CCOCC1. The summed E-state index contributed by atoms with van der Waals surface area (Å²) in [6.07, 6.45) is 1.84. The number of hydrogen-bond acceptors (Lipinski definition) is 4. The largest absolute Gasteiger partial charge is 0.396 e. The van der Waals surface area contributed by atoms with Crippen molar-refractivity contribution in [3.63, 3.8) is 0 Å². The highest BCUT2D eigenvalue weighted by molar-refractivity contribution is 4.84. The lowest BCUT2D eigenvalue weighted by atomic mass is 9.80. The summed E-state index contributed by atoms with van der Waals surface area (Å²) < 4.78 is 5.32. The Morgan fingerprint density at radius 3 is 2.40 bits per heavy atom. The van der Waals surface area contributed by atoms with Gasteiger partial charge in [0.25, 0.3) is 0 Å². The molecule has 1 aliphatic heterocycles. The minimum absolute atomic E-state index is 0.0105. The first-order chi connectivity index (χ1) is 7.26. The zero-order chi connectivity index (χ0) is 11.1. The molecule has 0 atom stereocenters. The second-order valence-electron chi connectivity index (χ2n) is 4.36. The molecule has 0 spiro atoms. The first kappa shape index (κ1) is 12.9. The van der Waals surface area contributed by atoms with Gasteiger partial charge in [-0.2, -0.15) is 0 Å². The predicted molar refractivity (Wildman–Crippen MR) is 58.8 cm³/mol. The van der Waals surface area contributed by atoms with E-state index >= 15 is 0 Å². The van der Waals surface area contributed by atoms with Crippen LogP contribution < -0.4 is 0 Å². The van der Waals surface area contributed by atoms with Crippen molar-refractivity contribution in [2.75, 3.05) is 46.1 Å². The Kier molecular flexibility index (Phi) is 5.53. The van der Waals surface area contributed by atoms with Crippen LogP contribution in [0.15, 0.2) is 0 Å². The fraction of sp³-hybridized carbons (Fsp3) is 1.00. The zero-order valence-corrected chi connectivity index (χ0v) is 9.61. The molecule has 0 bridgehead atoms. The van der Waals surface area contributed by atoms with Gasteiger partial charge in [-0.1, -0.05) is 6.92 Å². The molecule has 90 valence electrons. The van der Waals surface area contributed by atoms with Crippen molar-refractivity contribution in [1.29, 1.82) is 0 Å². The summed E-state index contributed by atoms with van der Waals surface area (Å²) in [6.45, 7) is 6.46. The van der Waals surface area contributed by atoms with E-state index in [4.69, 9.17) is 9.84 Å². The molecule has 1 heterocycles. The molecule has 0 aromatic heterocycles. The van der Waals surface area contributed by atoms with Gasteiger partial charge in [-0.3, -0.25) is 0 Å². The van der Waals surface area contributed by atoms with E-state index in [1.807, 2.05) is 0 Å². The highest BCUT2D eigenvalue weighted by Crippen LogP contribution is 2.30. The number of ether oxygens (including phenoxy) is 1. The minimum Gasteiger partial charge on any atom is -0.396 e. The normalized spacial score (nSPS) is 20.8. The van der Waals surface area contributed by atoms with Crippen LogP contribution in [0.4, 0.5) is 0 Å². The minimum atomic E-state index is -0.0105. The molecule has 0 amide bonds. The lowest BCUT2D eigenvalue weighted by molar-refractivity contribution is -0.0351. The fourth-order valence-corrected chi connectivity index (χ4v) is 2.14. The summed E-state index contributed by atoms with van der Waals surface area (Å²) in [5.41, 5.74) is -0.0105. The smallest absolute Gasteiger partial charge is 0.0558 e. The average molecular weight is 217 g/mol. The molecule has 0 radical (unpaired) electrons. The molecule has 2 N–H and O–H groups in total. The van der Waals surface area contributed by atoms with E-state index in [2.05, 4.69) is 11.8 Å². The Bertz CT molecular complexity index is 169. The molecule has 0 aromatic rings. The highest BCUT2D eigenvalue weighted by atomic mass is 16.5. The summed E-state index contributed by atoms with van der Waals surface area (Å²) in [7, 11) is 0. The molecular formula is C11H23NO3. The number of rotatable bonds is 6. The number of aliphatic hydroxyl groups is 2. The Morgan fingerprint density at radius 2 is 1.93 bits per heavy atom. The van der Waals surface area contributed by atoms with Gasteiger partial charge in [0.1, 0.15) is 0 Å². The number of nitrogens with zero attached hydrogens (tertiary/aromatic N) is 1. The van der Waals surface area contributed by atoms with Crippen molar-refractivity contribution in [2.24, 2.45) is 5.41 Å². The molecule has 1 fully saturated rings. The standard InChI is InChI=1S/C11H23NO3/c1-2-12(5-6-13)9-11(10-14)3-7-15-8-4-11/h13-14H,2-10H2,1H3. The van der Waals surface area contributed by atoms with E-state index in [1.165, 1.54) is 0 Å². The second-order valence-corrected chi connectivity index (χ2v) is 4.36. The Hall–Kier alpha value is -0.160. The van der Waals surface area contributed by atoms with Crippen molar-refractivity contribution in [2.45, 2.75) is 19.8 Å². The fourth-order valence-electron chi connectivity index (χ4n) is 2.14. The van der Waals surface area contributed by atoms with Gasteiger partial charge >= 0.3 is 0 Å². The zero-order valence-electron chi connectivity index (χ0n) is 9.61. The van der Waals surface area contributed by atoms with Gasteiger partial charge in [0.2, 0.25) is 0 Å². The lowest BCUT2D eigenvalue weighted by Gasteiger charge is -2.39. The summed E-state index contributed by atoms with van der Waals surface area (Å²) in [5, 5.41) is 18.4. The van der Waals surface area contributed by atoms with E-state index < -0.39 is 0 Å². The number of aliphatic hydroxyl groups excluding tert-OH is 2. The second kappa shape index (κ2) is 6.43. The first-order valence-corrected chi connectivity index (χ1v) is 5.78. The Morgan fingerprint density at radius 1 is 1.27 bits per heavy atom. The third-order valence-corrected chi connectivity index (χ3v) is 3.31. The molecule has 1 aliphatic rings. The summed E-state index contributed by atoms with van der Waals surface area (Å²) >= 11 is 0. The average Bonchev–Trinajstić information content (AvgIpc) is 2.30. The topological polar surface area (TPSA) is 52.9 Å². The third-order valence-electron chi connectivity index (χ3n) is 3.31. The van der Waals surface area contributed by atoms with Crippen molar-refractivity contribution in [1.82, 2.24) is 4.90 Å². The van der Waals surface area contributed by atoms with Gasteiger partial charge < -0.3 is 19.8 Å². The van der Waals surface area contributed by atoms with E-state index in [0.717, 1.165) is 39.1 Å². The lowest BCUT2D eigenvalue weighted by Crippen LogP contribution is -2.44.